The van der Waals surface area contributed by atoms with Crippen molar-refractivity contribution in [1.82, 2.24) is 0 Å². The van der Waals surface area contributed by atoms with E-state index in [0.29, 0.717) is 0 Å². The molecule has 3 rings (SSSR count). The summed E-state index contributed by atoms with van der Waals surface area (Å²) >= 11 is 0. The first-order valence-corrected chi connectivity index (χ1v) is 8.73. The molecule has 0 atom stereocenters. The average molecular weight is 380 g/mol. The van der Waals surface area contributed by atoms with Crippen LogP contribution >= 0.6 is 0 Å². The van der Waals surface area contributed by atoms with E-state index in [-0.39, 0.29) is 0 Å². The van der Waals surface area contributed by atoms with Crippen LogP contribution in [0.1, 0.15) is 0 Å². The maximum Gasteiger partial charge on any atom is 0.124 e. The van der Waals surface area contributed by atoms with Gasteiger partial charge >= 0.3 is 0 Å². The van der Waals surface area contributed by atoms with Gasteiger partial charge in [0.1, 0.15) is 23.0 Å². The lowest BCUT2D eigenvalue weighted by molar-refractivity contribution is 0.394. The highest BCUT2D eigenvalue weighted by molar-refractivity contribution is 5.68. The van der Waals surface area contributed by atoms with E-state index in [1.54, 1.807) is 28.4 Å². The highest BCUT2D eigenvalue weighted by atomic mass is 16.5. The molecular formula is C22H24N2O4. The third kappa shape index (κ3) is 4.79. The fourth-order valence-electron chi connectivity index (χ4n) is 2.73. The van der Waals surface area contributed by atoms with Crippen LogP contribution in [0.25, 0.3) is 0 Å². The number of ether oxygens (including phenoxy) is 4. The summed E-state index contributed by atoms with van der Waals surface area (Å²) in [5.41, 5.74) is 3.66. The van der Waals surface area contributed by atoms with Crippen LogP contribution in [0.15, 0.2) is 60.7 Å². The Balaban J connectivity index is 1.74. The molecule has 0 radical (unpaired) electrons. The van der Waals surface area contributed by atoms with Gasteiger partial charge in [0, 0.05) is 59.1 Å². The second-order valence-corrected chi connectivity index (χ2v) is 6.03. The van der Waals surface area contributed by atoms with Gasteiger partial charge in [-0.2, -0.15) is 0 Å². The van der Waals surface area contributed by atoms with Crippen molar-refractivity contribution in [3.05, 3.63) is 60.7 Å². The lowest BCUT2D eigenvalue weighted by Crippen LogP contribution is -1.95. The van der Waals surface area contributed by atoms with E-state index < -0.39 is 0 Å². The Bertz CT molecular complexity index is 805. The Labute approximate surface area is 165 Å². The summed E-state index contributed by atoms with van der Waals surface area (Å²) in [6, 6.07) is 19.3. The van der Waals surface area contributed by atoms with Gasteiger partial charge < -0.3 is 29.6 Å². The monoisotopic (exact) mass is 380 g/mol. The maximum atomic E-state index is 5.31. The van der Waals surface area contributed by atoms with Crippen molar-refractivity contribution < 1.29 is 18.9 Å². The number of rotatable bonds is 8. The van der Waals surface area contributed by atoms with Gasteiger partial charge in [-0.1, -0.05) is 0 Å². The summed E-state index contributed by atoms with van der Waals surface area (Å²) in [5, 5.41) is 6.71. The van der Waals surface area contributed by atoms with Crippen LogP contribution < -0.4 is 29.6 Å². The maximum absolute atomic E-state index is 5.31. The van der Waals surface area contributed by atoms with Crippen LogP contribution in [-0.4, -0.2) is 28.4 Å². The Kier molecular flexibility index (Phi) is 6.11. The zero-order valence-corrected chi connectivity index (χ0v) is 16.4. The average Bonchev–Trinajstić information content (AvgIpc) is 2.74. The van der Waals surface area contributed by atoms with Crippen LogP contribution in [0.4, 0.5) is 22.7 Å². The number of hydrogen-bond donors (Lipinski definition) is 2. The van der Waals surface area contributed by atoms with E-state index >= 15 is 0 Å². The summed E-state index contributed by atoms with van der Waals surface area (Å²) in [7, 11) is 6.53. The largest absolute Gasteiger partial charge is 0.497 e. The van der Waals surface area contributed by atoms with Crippen molar-refractivity contribution in [2.45, 2.75) is 0 Å². The SMILES string of the molecule is COc1cc(Nc2ccc(Nc3cc(OC)cc(OC)c3)cc2)cc(OC)c1. The lowest BCUT2D eigenvalue weighted by Gasteiger charge is -2.13. The smallest absolute Gasteiger partial charge is 0.124 e. The molecule has 0 heterocycles. The highest BCUT2D eigenvalue weighted by Gasteiger charge is 2.04. The van der Waals surface area contributed by atoms with Crippen LogP contribution in [0.3, 0.4) is 0 Å². The third-order valence-electron chi connectivity index (χ3n) is 4.17. The summed E-state index contributed by atoms with van der Waals surface area (Å²) in [5.74, 6) is 2.92. The lowest BCUT2D eigenvalue weighted by atomic mass is 10.2. The van der Waals surface area contributed by atoms with Gasteiger partial charge in [-0.25, -0.2) is 0 Å². The summed E-state index contributed by atoms with van der Waals surface area (Å²) in [6.45, 7) is 0. The second kappa shape index (κ2) is 8.90. The first kappa shape index (κ1) is 19.2. The minimum atomic E-state index is 0.729. The summed E-state index contributed by atoms with van der Waals surface area (Å²) in [4.78, 5) is 0. The Morgan fingerprint density at radius 2 is 0.714 bits per heavy atom. The van der Waals surface area contributed by atoms with Gasteiger partial charge in [-0.3, -0.25) is 0 Å². The van der Waals surface area contributed by atoms with Crippen molar-refractivity contribution in [2.24, 2.45) is 0 Å². The molecule has 6 heteroatoms. The molecule has 0 spiro atoms. The van der Waals surface area contributed by atoms with Gasteiger partial charge in [0.2, 0.25) is 0 Å². The van der Waals surface area contributed by atoms with E-state index in [0.717, 1.165) is 45.7 Å². The van der Waals surface area contributed by atoms with E-state index in [4.69, 9.17) is 18.9 Å². The van der Waals surface area contributed by atoms with Crippen LogP contribution in [0.5, 0.6) is 23.0 Å². The second-order valence-electron chi connectivity index (χ2n) is 6.03. The molecule has 0 aliphatic heterocycles. The van der Waals surface area contributed by atoms with Crippen molar-refractivity contribution in [2.75, 3.05) is 39.1 Å². The van der Waals surface area contributed by atoms with Crippen LogP contribution in [-0.2, 0) is 0 Å². The Morgan fingerprint density at radius 1 is 0.429 bits per heavy atom. The molecule has 0 unspecified atom stereocenters. The van der Waals surface area contributed by atoms with E-state index in [1.807, 2.05) is 60.7 Å². The molecule has 0 aromatic heterocycles. The Morgan fingerprint density at radius 3 is 0.964 bits per heavy atom. The first-order valence-electron chi connectivity index (χ1n) is 8.73. The summed E-state index contributed by atoms with van der Waals surface area (Å²) in [6.07, 6.45) is 0. The molecule has 28 heavy (non-hydrogen) atoms. The zero-order chi connectivity index (χ0) is 19.9. The van der Waals surface area contributed by atoms with Crippen molar-refractivity contribution in [3.63, 3.8) is 0 Å². The minimum Gasteiger partial charge on any atom is -0.497 e. The van der Waals surface area contributed by atoms with Gasteiger partial charge in [0.15, 0.2) is 0 Å². The molecule has 6 nitrogen and oxygen atoms in total. The molecule has 0 amide bonds. The topological polar surface area (TPSA) is 61.0 Å². The quantitative estimate of drug-likeness (QED) is 0.559. The Hall–Kier alpha value is -3.54. The number of anilines is 4. The van der Waals surface area contributed by atoms with Gasteiger partial charge in [-0.15, -0.1) is 0 Å². The molecule has 3 aromatic rings. The zero-order valence-electron chi connectivity index (χ0n) is 16.4. The number of hydrogen-bond acceptors (Lipinski definition) is 6. The molecule has 0 bridgehead atoms. The predicted octanol–water partition coefficient (Wildman–Crippen LogP) is 5.21. The van der Waals surface area contributed by atoms with Gasteiger partial charge in [-0.05, 0) is 24.3 Å². The van der Waals surface area contributed by atoms with Gasteiger partial charge in [0.05, 0.1) is 28.4 Å². The fourth-order valence-corrected chi connectivity index (χ4v) is 2.73. The van der Waals surface area contributed by atoms with Gasteiger partial charge in [0.25, 0.3) is 0 Å². The minimum absolute atomic E-state index is 0.729. The number of nitrogens with one attached hydrogen (secondary N) is 2. The van der Waals surface area contributed by atoms with Crippen molar-refractivity contribution in [3.8, 4) is 23.0 Å². The van der Waals surface area contributed by atoms with Crippen molar-refractivity contribution in [1.29, 1.82) is 0 Å². The third-order valence-corrected chi connectivity index (χ3v) is 4.17. The van der Waals surface area contributed by atoms with E-state index in [1.165, 1.54) is 0 Å². The summed E-state index contributed by atoms with van der Waals surface area (Å²) < 4.78 is 21.2. The van der Waals surface area contributed by atoms with Crippen LogP contribution in [0, 0.1) is 0 Å². The molecule has 0 aliphatic carbocycles. The van der Waals surface area contributed by atoms with Crippen molar-refractivity contribution >= 4 is 22.7 Å². The number of benzene rings is 3. The normalized spacial score (nSPS) is 10.1. The molecule has 0 fully saturated rings. The first-order chi connectivity index (χ1) is 13.6. The molecule has 146 valence electrons. The molecule has 0 saturated carbocycles. The molecule has 3 aromatic carbocycles. The molecular weight excluding hydrogens is 356 g/mol. The molecule has 0 aliphatic rings. The van der Waals surface area contributed by atoms with E-state index in [9.17, 15) is 0 Å². The molecule has 0 saturated heterocycles. The standard InChI is InChI=1S/C22H24N2O4/c1-25-19-9-17(10-20(13-19)26-2)23-15-5-7-16(8-6-15)24-18-11-21(27-3)14-22(12-18)28-4/h5-14,23-24H,1-4H3. The van der Waals surface area contributed by atoms with E-state index in [2.05, 4.69) is 10.6 Å². The predicted molar refractivity (Wildman–Crippen MR) is 112 cm³/mol. The fraction of sp³-hybridized carbons (Fsp3) is 0.182. The number of methoxy groups -OCH3 is 4. The highest BCUT2D eigenvalue weighted by Crippen LogP contribution is 2.30. The van der Waals surface area contributed by atoms with Crippen LogP contribution in [0.2, 0.25) is 0 Å². The molecule has 2 N–H and O–H groups in total.